The predicted molar refractivity (Wildman–Crippen MR) is 52.8 cm³/mol. The van der Waals surface area contributed by atoms with Gasteiger partial charge in [-0.2, -0.15) is 0 Å². The molecule has 68 valence electrons. The smallest absolute Gasteiger partial charge is 0.0770 e. The van der Waals surface area contributed by atoms with Crippen molar-refractivity contribution < 1.29 is 4.18 Å². The third-order valence-electron chi connectivity index (χ3n) is 1.37. The van der Waals surface area contributed by atoms with E-state index in [4.69, 9.17) is 4.18 Å². The number of hydrogen-bond acceptors (Lipinski definition) is 2. The van der Waals surface area contributed by atoms with Gasteiger partial charge in [-0.1, -0.05) is 6.92 Å². The molecule has 0 saturated heterocycles. The summed E-state index contributed by atoms with van der Waals surface area (Å²) in [5, 5.41) is 0. The summed E-state index contributed by atoms with van der Waals surface area (Å²) in [5.41, 5.74) is 0.0119. The molecule has 0 aromatic carbocycles. The number of hydrogen-bond donors (Lipinski definition) is 0. The van der Waals surface area contributed by atoms with Gasteiger partial charge in [-0.25, -0.2) is 0 Å². The molecule has 0 radical (unpaired) electrons. The molecule has 0 unspecified atom stereocenters. The lowest BCUT2D eigenvalue weighted by molar-refractivity contribution is 0.133. The van der Waals surface area contributed by atoms with Gasteiger partial charge in [-0.15, -0.1) is 0 Å². The minimum absolute atomic E-state index is 0.0119. The highest BCUT2D eigenvalue weighted by Gasteiger charge is 2.20. The highest BCUT2D eigenvalue weighted by Crippen LogP contribution is 2.30. The van der Waals surface area contributed by atoms with Crippen LogP contribution in [0, 0.1) is 0 Å². The molecule has 0 saturated carbocycles. The lowest BCUT2D eigenvalue weighted by atomic mass is 10.1. The molecule has 0 aromatic rings. The Morgan fingerprint density at radius 2 is 1.55 bits per heavy atom. The van der Waals surface area contributed by atoms with E-state index in [1.807, 2.05) is 0 Å². The van der Waals surface area contributed by atoms with E-state index in [-0.39, 0.29) is 10.3 Å². The van der Waals surface area contributed by atoms with Gasteiger partial charge in [0.05, 0.1) is 5.60 Å². The third-order valence-corrected chi connectivity index (χ3v) is 2.40. The van der Waals surface area contributed by atoms with Gasteiger partial charge in [-0.05, 0) is 53.1 Å². The minimum atomic E-state index is 0.0119. The molecule has 0 N–H and O–H groups in total. The Kier molecular flexibility index (Phi) is 3.92. The lowest BCUT2D eigenvalue weighted by Gasteiger charge is -2.26. The fourth-order valence-corrected chi connectivity index (χ4v) is 0.890. The van der Waals surface area contributed by atoms with E-state index in [1.54, 1.807) is 12.0 Å². The Hall–Kier alpha value is 0.310. The van der Waals surface area contributed by atoms with Gasteiger partial charge < -0.3 is 4.18 Å². The highest BCUT2D eigenvalue weighted by atomic mass is 32.2. The van der Waals surface area contributed by atoms with Crippen LogP contribution in [-0.2, 0) is 4.18 Å². The molecule has 0 bridgehead atoms. The summed E-state index contributed by atoms with van der Waals surface area (Å²) >= 11 is 1.57. The van der Waals surface area contributed by atoms with Crippen LogP contribution in [-0.4, -0.2) is 10.3 Å². The molecule has 0 atom stereocenters. The zero-order valence-electron chi connectivity index (χ0n) is 8.52. The lowest BCUT2D eigenvalue weighted by Crippen LogP contribution is -2.22. The van der Waals surface area contributed by atoms with Crippen LogP contribution in [0.3, 0.4) is 0 Å². The first kappa shape index (κ1) is 11.3. The zero-order valence-corrected chi connectivity index (χ0v) is 9.34. The molecular weight excluding hydrogens is 156 g/mol. The Bertz CT molecular complexity index is 113. The average molecular weight is 176 g/mol. The minimum Gasteiger partial charge on any atom is -0.309 e. The molecule has 0 rings (SSSR count). The molecule has 11 heavy (non-hydrogen) atoms. The quantitative estimate of drug-likeness (QED) is 0.607. The van der Waals surface area contributed by atoms with Crippen molar-refractivity contribution in [2.24, 2.45) is 0 Å². The van der Waals surface area contributed by atoms with Crippen LogP contribution in [0.1, 0.15) is 48.0 Å². The topological polar surface area (TPSA) is 9.23 Å². The highest BCUT2D eigenvalue weighted by molar-refractivity contribution is 7.96. The summed E-state index contributed by atoms with van der Waals surface area (Å²) in [6, 6.07) is 0. The van der Waals surface area contributed by atoms with E-state index in [0.29, 0.717) is 0 Å². The monoisotopic (exact) mass is 176 g/mol. The van der Waals surface area contributed by atoms with Crippen LogP contribution in [0.25, 0.3) is 0 Å². The van der Waals surface area contributed by atoms with Crippen molar-refractivity contribution in [1.82, 2.24) is 0 Å². The van der Waals surface area contributed by atoms with Gasteiger partial charge in [0.2, 0.25) is 0 Å². The van der Waals surface area contributed by atoms with Crippen LogP contribution in [0.2, 0.25) is 0 Å². The fraction of sp³-hybridized carbons (Fsp3) is 1.00. The summed E-state index contributed by atoms with van der Waals surface area (Å²) in [6.07, 6.45) is 1.05. The van der Waals surface area contributed by atoms with Crippen molar-refractivity contribution in [3.63, 3.8) is 0 Å². The SMILES string of the molecule is CCC(C)(C)OSC(C)(C)C. The Morgan fingerprint density at radius 1 is 1.09 bits per heavy atom. The van der Waals surface area contributed by atoms with E-state index in [9.17, 15) is 0 Å². The summed E-state index contributed by atoms with van der Waals surface area (Å²) in [6.45, 7) is 12.8. The van der Waals surface area contributed by atoms with Gasteiger partial charge in [0.1, 0.15) is 0 Å². The van der Waals surface area contributed by atoms with Crippen molar-refractivity contribution in [1.29, 1.82) is 0 Å². The fourth-order valence-electron chi connectivity index (χ4n) is 0.297. The van der Waals surface area contributed by atoms with E-state index < -0.39 is 0 Å². The summed E-state index contributed by atoms with van der Waals surface area (Å²) in [5.74, 6) is 0. The Morgan fingerprint density at radius 3 is 1.82 bits per heavy atom. The Balaban J connectivity index is 3.70. The molecule has 0 aromatic heterocycles. The first-order valence-electron chi connectivity index (χ1n) is 4.14. The van der Waals surface area contributed by atoms with E-state index >= 15 is 0 Å². The van der Waals surface area contributed by atoms with E-state index in [2.05, 4.69) is 41.5 Å². The molecule has 2 heteroatoms. The van der Waals surface area contributed by atoms with Gasteiger partial charge >= 0.3 is 0 Å². The van der Waals surface area contributed by atoms with Crippen molar-refractivity contribution in [2.75, 3.05) is 0 Å². The molecule has 0 fully saturated rings. The predicted octanol–water partition coefficient (Wildman–Crippen LogP) is 3.64. The first-order valence-corrected chi connectivity index (χ1v) is 4.88. The molecule has 0 aliphatic heterocycles. The second-order valence-corrected chi connectivity index (χ2v) is 5.95. The number of rotatable bonds is 3. The van der Waals surface area contributed by atoms with Gasteiger partial charge in [0, 0.05) is 4.75 Å². The van der Waals surface area contributed by atoms with Gasteiger partial charge in [0.15, 0.2) is 0 Å². The zero-order chi connectivity index (χ0) is 9.12. The van der Waals surface area contributed by atoms with Crippen LogP contribution in [0.5, 0.6) is 0 Å². The summed E-state index contributed by atoms with van der Waals surface area (Å²) in [4.78, 5) is 0. The van der Waals surface area contributed by atoms with Crippen LogP contribution >= 0.6 is 12.0 Å². The van der Waals surface area contributed by atoms with E-state index in [1.165, 1.54) is 0 Å². The maximum Gasteiger partial charge on any atom is 0.0770 e. The average Bonchev–Trinajstić information content (AvgIpc) is 1.83. The largest absolute Gasteiger partial charge is 0.309 e. The van der Waals surface area contributed by atoms with E-state index in [0.717, 1.165) is 6.42 Å². The maximum atomic E-state index is 5.66. The maximum absolute atomic E-state index is 5.66. The van der Waals surface area contributed by atoms with Crippen molar-refractivity contribution in [2.45, 2.75) is 58.3 Å². The second-order valence-electron chi connectivity index (χ2n) is 4.39. The molecule has 0 spiro atoms. The molecular formula is C9H20OS. The summed E-state index contributed by atoms with van der Waals surface area (Å²) in [7, 11) is 0. The normalized spacial score (nSPS) is 13.6. The molecule has 0 aliphatic carbocycles. The summed E-state index contributed by atoms with van der Waals surface area (Å²) < 4.78 is 5.86. The van der Waals surface area contributed by atoms with Crippen LogP contribution in [0.4, 0.5) is 0 Å². The van der Waals surface area contributed by atoms with Crippen molar-refractivity contribution in [3.05, 3.63) is 0 Å². The van der Waals surface area contributed by atoms with Crippen molar-refractivity contribution in [3.8, 4) is 0 Å². The molecule has 0 aliphatic rings. The van der Waals surface area contributed by atoms with Gasteiger partial charge in [0.25, 0.3) is 0 Å². The Labute approximate surface area is 75.1 Å². The molecule has 0 heterocycles. The third kappa shape index (κ3) is 6.70. The standard InChI is InChI=1S/C9H20OS/c1-7-9(5,6)10-11-8(2,3)4/h7H2,1-6H3. The second kappa shape index (κ2) is 3.81. The molecule has 1 nitrogen and oxygen atoms in total. The first-order chi connectivity index (χ1) is 4.77. The van der Waals surface area contributed by atoms with Gasteiger partial charge in [-0.3, -0.25) is 0 Å². The molecule has 0 amide bonds. The van der Waals surface area contributed by atoms with Crippen LogP contribution in [0.15, 0.2) is 0 Å². The van der Waals surface area contributed by atoms with Crippen molar-refractivity contribution >= 4 is 12.0 Å². The van der Waals surface area contributed by atoms with Crippen LogP contribution < -0.4 is 0 Å².